The van der Waals surface area contributed by atoms with Crippen molar-refractivity contribution in [2.24, 2.45) is 7.05 Å². The van der Waals surface area contributed by atoms with Crippen LogP contribution in [0.2, 0.25) is 0 Å². The van der Waals surface area contributed by atoms with Crippen molar-refractivity contribution < 1.29 is 4.39 Å². The summed E-state index contributed by atoms with van der Waals surface area (Å²) in [5.74, 6) is 0.403. The highest BCUT2D eigenvalue weighted by Crippen LogP contribution is 2.25. The highest BCUT2D eigenvalue weighted by molar-refractivity contribution is 9.10. The molecule has 0 spiro atoms. The van der Waals surface area contributed by atoms with E-state index in [1.807, 2.05) is 0 Å². The molecule has 0 saturated heterocycles. The van der Waals surface area contributed by atoms with Gasteiger partial charge in [0, 0.05) is 17.1 Å². The zero-order chi connectivity index (χ0) is 12.4. The van der Waals surface area contributed by atoms with Crippen LogP contribution in [0.15, 0.2) is 29.0 Å². The highest BCUT2D eigenvalue weighted by Gasteiger charge is 2.20. The fraction of sp³-hybridized carbons (Fsp3) is 0.273. The van der Waals surface area contributed by atoms with Crippen LogP contribution in [0.4, 0.5) is 4.39 Å². The first kappa shape index (κ1) is 12.2. The molecule has 1 aromatic carbocycles. The highest BCUT2D eigenvalue weighted by atomic mass is 79.9. The molecule has 4 nitrogen and oxygen atoms in total. The Morgan fingerprint density at radius 2 is 2.24 bits per heavy atom. The summed E-state index contributed by atoms with van der Waals surface area (Å²) in [6.45, 7) is 0. The summed E-state index contributed by atoms with van der Waals surface area (Å²) in [4.78, 5) is 4.14. The summed E-state index contributed by atoms with van der Waals surface area (Å²) in [5.41, 5.74) is 0.540. The van der Waals surface area contributed by atoms with E-state index in [0.29, 0.717) is 11.4 Å². The van der Waals surface area contributed by atoms with Crippen LogP contribution in [0.3, 0.4) is 0 Å². The van der Waals surface area contributed by atoms with E-state index in [2.05, 4.69) is 31.3 Å². The lowest BCUT2D eigenvalue weighted by Crippen LogP contribution is -2.22. The van der Waals surface area contributed by atoms with Gasteiger partial charge in [-0.3, -0.25) is 4.68 Å². The summed E-state index contributed by atoms with van der Waals surface area (Å²) in [7, 11) is 3.54. The molecule has 1 unspecified atom stereocenters. The first-order valence-electron chi connectivity index (χ1n) is 5.09. The molecule has 17 heavy (non-hydrogen) atoms. The van der Waals surface area contributed by atoms with Crippen molar-refractivity contribution in [1.82, 2.24) is 20.1 Å². The first-order valence-corrected chi connectivity index (χ1v) is 5.89. The fourth-order valence-corrected chi connectivity index (χ4v) is 2.10. The van der Waals surface area contributed by atoms with Crippen molar-refractivity contribution in [3.63, 3.8) is 0 Å². The van der Waals surface area contributed by atoms with Gasteiger partial charge in [0.15, 0.2) is 0 Å². The average Bonchev–Trinajstić information content (AvgIpc) is 2.71. The van der Waals surface area contributed by atoms with Crippen molar-refractivity contribution in [2.75, 3.05) is 7.05 Å². The Morgan fingerprint density at radius 1 is 1.47 bits per heavy atom. The molecule has 2 aromatic rings. The normalized spacial score (nSPS) is 12.7. The van der Waals surface area contributed by atoms with Gasteiger partial charge in [0.2, 0.25) is 0 Å². The van der Waals surface area contributed by atoms with Crippen LogP contribution in [-0.2, 0) is 7.05 Å². The van der Waals surface area contributed by atoms with Crippen LogP contribution in [0.1, 0.15) is 17.4 Å². The molecule has 6 heteroatoms. The van der Waals surface area contributed by atoms with Gasteiger partial charge in [0.05, 0.1) is 6.04 Å². The second kappa shape index (κ2) is 4.93. The maximum atomic E-state index is 13.8. The van der Waals surface area contributed by atoms with Crippen LogP contribution < -0.4 is 5.32 Å². The summed E-state index contributed by atoms with van der Waals surface area (Å²) in [5, 5.41) is 7.04. The van der Waals surface area contributed by atoms with E-state index in [1.54, 1.807) is 30.9 Å². The standard InChI is InChI=1S/C11H12BrFN4/c1-14-10(11-15-6-16-17(11)2)8-5-7(12)3-4-9(8)13/h3-6,10,14H,1-2H3. The molecule has 0 radical (unpaired) electrons. The first-order chi connectivity index (χ1) is 8.13. The van der Waals surface area contributed by atoms with Crippen molar-refractivity contribution >= 4 is 15.9 Å². The van der Waals surface area contributed by atoms with Gasteiger partial charge >= 0.3 is 0 Å². The summed E-state index contributed by atoms with van der Waals surface area (Å²) >= 11 is 3.34. The number of benzene rings is 1. The van der Waals surface area contributed by atoms with Crippen molar-refractivity contribution in [2.45, 2.75) is 6.04 Å². The summed E-state index contributed by atoms with van der Waals surface area (Å²) in [6, 6.07) is 4.52. The van der Waals surface area contributed by atoms with E-state index in [0.717, 1.165) is 4.47 Å². The SMILES string of the molecule is CNC(c1cc(Br)ccc1F)c1ncnn1C. The molecule has 0 aliphatic carbocycles. The molecular formula is C11H12BrFN4. The molecule has 0 aliphatic rings. The van der Waals surface area contributed by atoms with E-state index in [1.165, 1.54) is 12.4 Å². The minimum atomic E-state index is -0.319. The van der Waals surface area contributed by atoms with Crippen molar-refractivity contribution in [1.29, 1.82) is 0 Å². The predicted octanol–water partition coefficient (Wildman–Crippen LogP) is 2.03. The molecule has 1 atom stereocenters. The largest absolute Gasteiger partial charge is 0.307 e. The minimum absolute atomic E-state index is 0.268. The summed E-state index contributed by atoms with van der Waals surface area (Å²) in [6.07, 6.45) is 1.45. The lowest BCUT2D eigenvalue weighted by Gasteiger charge is -2.16. The molecule has 1 N–H and O–H groups in total. The maximum Gasteiger partial charge on any atom is 0.148 e. The number of hydrogen-bond acceptors (Lipinski definition) is 3. The van der Waals surface area contributed by atoms with Gasteiger partial charge in [-0.1, -0.05) is 15.9 Å². The monoisotopic (exact) mass is 298 g/mol. The van der Waals surface area contributed by atoms with Crippen molar-refractivity contribution in [3.8, 4) is 0 Å². The molecule has 0 aliphatic heterocycles. The second-order valence-corrected chi connectivity index (χ2v) is 4.55. The van der Waals surface area contributed by atoms with Gasteiger partial charge in [-0.15, -0.1) is 0 Å². The molecule has 0 saturated carbocycles. The van der Waals surface area contributed by atoms with Crippen LogP contribution in [0, 0.1) is 5.82 Å². The van der Waals surface area contributed by atoms with Gasteiger partial charge in [-0.05, 0) is 25.2 Å². The Morgan fingerprint density at radius 3 is 2.82 bits per heavy atom. The van der Waals surface area contributed by atoms with Crippen LogP contribution in [-0.4, -0.2) is 21.8 Å². The Bertz CT molecular complexity index is 526. The van der Waals surface area contributed by atoms with Crippen LogP contribution in [0.5, 0.6) is 0 Å². The van der Waals surface area contributed by atoms with E-state index < -0.39 is 0 Å². The Kier molecular flexibility index (Phi) is 3.54. The number of hydrogen-bond donors (Lipinski definition) is 1. The minimum Gasteiger partial charge on any atom is -0.307 e. The zero-order valence-electron chi connectivity index (χ0n) is 9.48. The molecular weight excluding hydrogens is 287 g/mol. The molecule has 0 bridgehead atoms. The number of nitrogens with zero attached hydrogens (tertiary/aromatic N) is 3. The topological polar surface area (TPSA) is 42.7 Å². The third kappa shape index (κ3) is 2.37. The second-order valence-electron chi connectivity index (χ2n) is 3.63. The third-order valence-corrected chi connectivity index (χ3v) is 3.06. The number of nitrogens with one attached hydrogen (secondary N) is 1. The van der Waals surface area contributed by atoms with Gasteiger partial charge in [-0.2, -0.15) is 5.10 Å². The molecule has 1 aromatic heterocycles. The fourth-order valence-electron chi connectivity index (χ4n) is 1.73. The van der Waals surface area contributed by atoms with Crippen LogP contribution >= 0.6 is 15.9 Å². The average molecular weight is 299 g/mol. The quantitative estimate of drug-likeness (QED) is 0.943. The molecule has 0 amide bonds. The lowest BCUT2D eigenvalue weighted by molar-refractivity contribution is 0.543. The van der Waals surface area contributed by atoms with Gasteiger partial charge < -0.3 is 5.32 Å². The number of halogens is 2. The Balaban J connectivity index is 2.49. The Hall–Kier alpha value is -1.27. The number of rotatable bonds is 3. The van der Waals surface area contributed by atoms with E-state index in [9.17, 15) is 4.39 Å². The summed E-state index contributed by atoms with van der Waals surface area (Å²) < 4.78 is 16.3. The third-order valence-electron chi connectivity index (χ3n) is 2.56. The van der Waals surface area contributed by atoms with Crippen LogP contribution in [0.25, 0.3) is 0 Å². The van der Waals surface area contributed by atoms with Gasteiger partial charge in [0.1, 0.15) is 18.0 Å². The molecule has 90 valence electrons. The number of aryl methyl sites for hydroxylation is 1. The smallest absolute Gasteiger partial charge is 0.148 e. The Labute approximate surface area is 107 Å². The van der Waals surface area contributed by atoms with Gasteiger partial charge in [-0.25, -0.2) is 9.37 Å². The van der Waals surface area contributed by atoms with E-state index in [-0.39, 0.29) is 11.9 Å². The van der Waals surface area contributed by atoms with E-state index in [4.69, 9.17) is 0 Å². The maximum absolute atomic E-state index is 13.8. The zero-order valence-corrected chi connectivity index (χ0v) is 11.1. The predicted molar refractivity (Wildman–Crippen MR) is 66.0 cm³/mol. The van der Waals surface area contributed by atoms with E-state index >= 15 is 0 Å². The molecule has 2 rings (SSSR count). The molecule has 0 fully saturated rings. The van der Waals surface area contributed by atoms with Crippen molar-refractivity contribution in [3.05, 3.63) is 46.2 Å². The molecule has 1 heterocycles. The lowest BCUT2D eigenvalue weighted by atomic mass is 10.1. The van der Waals surface area contributed by atoms with Gasteiger partial charge in [0.25, 0.3) is 0 Å². The number of aromatic nitrogens is 3.